The van der Waals surface area contributed by atoms with Gasteiger partial charge in [0.25, 0.3) is 0 Å². The molecule has 0 spiro atoms. The maximum absolute atomic E-state index is 6.04. The Morgan fingerprint density at radius 3 is 2.89 bits per heavy atom. The third-order valence-electron chi connectivity index (χ3n) is 3.22. The van der Waals surface area contributed by atoms with Gasteiger partial charge in [-0.15, -0.1) is 0 Å². The first-order valence-electron chi connectivity index (χ1n) is 6.65. The topological polar surface area (TPSA) is 29.9 Å². The molecule has 2 rings (SSSR count). The van der Waals surface area contributed by atoms with Crippen LogP contribution in [0.1, 0.15) is 30.5 Å². The number of hydrogen-bond acceptors (Lipinski definition) is 2. The van der Waals surface area contributed by atoms with E-state index in [0.29, 0.717) is 6.04 Å². The summed E-state index contributed by atoms with van der Waals surface area (Å²) in [7, 11) is 1.94. The lowest BCUT2D eigenvalue weighted by Gasteiger charge is -2.17. The van der Waals surface area contributed by atoms with Crippen molar-refractivity contribution in [1.29, 1.82) is 0 Å². The average Bonchev–Trinajstić information content (AvgIpc) is 2.80. The second kappa shape index (κ2) is 6.73. The van der Waals surface area contributed by atoms with E-state index in [2.05, 4.69) is 29.6 Å². The molecule has 0 saturated carbocycles. The molecular weight excluding hydrogens is 258 g/mol. The van der Waals surface area contributed by atoms with Crippen LogP contribution in [-0.2, 0) is 13.5 Å². The quantitative estimate of drug-likeness (QED) is 0.877. The van der Waals surface area contributed by atoms with Crippen molar-refractivity contribution in [1.82, 2.24) is 15.1 Å². The molecule has 1 aromatic carbocycles. The molecule has 4 heteroatoms. The second-order valence-electron chi connectivity index (χ2n) is 4.74. The predicted molar refractivity (Wildman–Crippen MR) is 79.4 cm³/mol. The van der Waals surface area contributed by atoms with Crippen LogP contribution in [0.15, 0.2) is 36.7 Å². The van der Waals surface area contributed by atoms with Crippen molar-refractivity contribution in [2.45, 2.75) is 25.8 Å². The summed E-state index contributed by atoms with van der Waals surface area (Å²) in [5.74, 6) is 0. The van der Waals surface area contributed by atoms with E-state index in [4.69, 9.17) is 11.6 Å². The Balaban J connectivity index is 1.89. The molecule has 0 aliphatic carbocycles. The van der Waals surface area contributed by atoms with Gasteiger partial charge in [0.2, 0.25) is 0 Å². The number of rotatable bonds is 6. The van der Waals surface area contributed by atoms with Gasteiger partial charge in [-0.3, -0.25) is 4.68 Å². The highest BCUT2D eigenvalue weighted by atomic mass is 35.5. The van der Waals surface area contributed by atoms with Gasteiger partial charge in [-0.1, -0.05) is 30.7 Å². The highest BCUT2D eigenvalue weighted by Crippen LogP contribution is 2.20. The van der Waals surface area contributed by atoms with E-state index in [0.717, 1.165) is 24.4 Å². The lowest BCUT2D eigenvalue weighted by atomic mass is 10.0. The molecule has 1 aromatic heterocycles. The maximum Gasteiger partial charge on any atom is 0.0522 e. The third kappa shape index (κ3) is 4.08. The Morgan fingerprint density at radius 1 is 1.42 bits per heavy atom. The molecular formula is C15H20ClN3. The van der Waals surface area contributed by atoms with Crippen molar-refractivity contribution >= 4 is 11.6 Å². The molecule has 0 aliphatic heterocycles. The molecule has 0 aliphatic rings. The summed E-state index contributed by atoms with van der Waals surface area (Å²) < 4.78 is 1.84. The van der Waals surface area contributed by atoms with E-state index in [1.165, 1.54) is 11.1 Å². The fraction of sp³-hybridized carbons (Fsp3) is 0.400. The van der Waals surface area contributed by atoms with Gasteiger partial charge in [0.1, 0.15) is 0 Å². The van der Waals surface area contributed by atoms with Gasteiger partial charge >= 0.3 is 0 Å². The summed E-state index contributed by atoms with van der Waals surface area (Å²) in [6.07, 6.45) is 6.02. The van der Waals surface area contributed by atoms with Crippen molar-refractivity contribution in [3.63, 3.8) is 0 Å². The van der Waals surface area contributed by atoms with Gasteiger partial charge in [-0.05, 0) is 42.6 Å². The number of benzene rings is 1. The molecule has 19 heavy (non-hydrogen) atoms. The van der Waals surface area contributed by atoms with Crippen LogP contribution in [0.25, 0.3) is 0 Å². The van der Waals surface area contributed by atoms with Gasteiger partial charge in [0, 0.05) is 24.3 Å². The highest BCUT2D eigenvalue weighted by Gasteiger charge is 2.08. The van der Waals surface area contributed by atoms with E-state index < -0.39 is 0 Å². The summed E-state index contributed by atoms with van der Waals surface area (Å²) >= 11 is 6.04. The van der Waals surface area contributed by atoms with Crippen LogP contribution >= 0.6 is 11.6 Å². The Labute approximate surface area is 119 Å². The molecule has 102 valence electrons. The van der Waals surface area contributed by atoms with Gasteiger partial charge in [0.05, 0.1) is 6.20 Å². The molecule has 3 nitrogen and oxygen atoms in total. The first-order valence-corrected chi connectivity index (χ1v) is 7.03. The second-order valence-corrected chi connectivity index (χ2v) is 5.18. The molecule has 1 N–H and O–H groups in total. The zero-order chi connectivity index (χ0) is 13.7. The van der Waals surface area contributed by atoms with Crippen molar-refractivity contribution in [3.8, 4) is 0 Å². The summed E-state index contributed by atoms with van der Waals surface area (Å²) in [6.45, 7) is 3.12. The van der Waals surface area contributed by atoms with Gasteiger partial charge < -0.3 is 5.32 Å². The molecule has 1 atom stereocenters. The highest BCUT2D eigenvalue weighted by molar-refractivity contribution is 6.30. The summed E-state index contributed by atoms with van der Waals surface area (Å²) in [5.41, 5.74) is 2.51. The normalized spacial score (nSPS) is 12.6. The number of aromatic nitrogens is 2. The number of halogens is 1. The van der Waals surface area contributed by atoms with Crippen molar-refractivity contribution in [2.75, 3.05) is 6.54 Å². The average molecular weight is 278 g/mol. The Kier molecular flexibility index (Phi) is 5.00. The lowest BCUT2D eigenvalue weighted by Crippen LogP contribution is -2.23. The largest absolute Gasteiger partial charge is 0.310 e. The Hall–Kier alpha value is -1.32. The zero-order valence-electron chi connectivity index (χ0n) is 11.4. The molecule has 0 amide bonds. The Bertz CT molecular complexity index is 522. The van der Waals surface area contributed by atoms with E-state index in [1.807, 2.05) is 36.1 Å². The van der Waals surface area contributed by atoms with Gasteiger partial charge in [-0.2, -0.15) is 5.10 Å². The smallest absolute Gasteiger partial charge is 0.0522 e. The zero-order valence-corrected chi connectivity index (χ0v) is 12.2. The minimum atomic E-state index is 0.357. The van der Waals surface area contributed by atoms with Crippen LogP contribution in [-0.4, -0.2) is 16.3 Å². The fourth-order valence-electron chi connectivity index (χ4n) is 2.21. The summed E-state index contributed by atoms with van der Waals surface area (Å²) in [4.78, 5) is 0. The minimum Gasteiger partial charge on any atom is -0.310 e. The van der Waals surface area contributed by atoms with Crippen LogP contribution in [0.5, 0.6) is 0 Å². The molecule has 0 radical (unpaired) electrons. The predicted octanol–water partition coefficient (Wildman–Crippen LogP) is 3.36. The monoisotopic (exact) mass is 277 g/mol. The molecule has 0 saturated heterocycles. The van der Waals surface area contributed by atoms with E-state index >= 15 is 0 Å². The summed E-state index contributed by atoms with van der Waals surface area (Å²) in [6, 6.07) is 8.43. The van der Waals surface area contributed by atoms with Crippen LogP contribution in [0.4, 0.5) is 0 Å². The van der Waals surface area contributed by atoms with Crippen LogP contribution in [0.2, 0.25) is 5.02 Å². The van der Waals surface area contributed by atoms with Crippen LogP contribution in [0.3, 0.4) is 0 Å². The van der Waals surface area contributed by atoms with Crippen LogP contribution < -0.4 is 5.32 Å². The third-order valence-corrected chi connectivity index (χ3v) is 3.46. The maximum atomic E-state index is 6.04. The lowest BCUT2D eigenvalue weighted by molar-refractivity contribution is 0.522. The van der Waals surface area contributed by atoms with Crippen molar-refractivity contribution in [2.24, 2.45) is 7.05 Å². The molecule has 1 heterocycles. The van der Waals surface area contributed by atoms with Gasteiger partial charge in [-0.25, -0.2) is 0 Å². The molecule has 0 bridgehead atoms. The SMILES string of the molecule is CCC(NCCc1cnn(C)c1)c1cccc(Cl)c1. The number of nitrogens with one attached hydrogen (secondary N) is 1. The van der Waals surface area contributed by atoms with E-state index in [9.17, 15) is 0 Å². The number of hydrogen-bond donors (Lipinski definition) is 1. The number of aryl methyl sites for hydroxylation is 1. The molecule has 1 unspecified atom stereocenters. The van der Waals surface area contributed by atoms with E-state index in [-0.39, 0.29) is 0 Å². The summed E-state index contributed by atoms with van der Waals surface area (Å²) in [5, 5.41) is 8.55. The van der Waals surface area contributed by atoms with Crippen molar-refractivity contribution in [3.05, 3.63) is 52.8 Å². The first kappa shape index (κ1) is 14.1. The first-order chi connectivity index (χ1) is 9.19. The minimum absolute atomic E-state index is 0.357. The fourth-order valence-corrected chi connectivity index (χ4v) is 2.41. The Morgan fingerprint density at radius 2 is 2.26 bits per heavy atom. The van der Waals surface area contributed by atoms with Gasteiger partial charge in [0.15, 0.2) is 0 Å². The number of nitrogens with zero attached hydrogens (tertiary/aromatic N) is 2. The van der Waals surface area contributed by atoms with Crippen molar-refractivity contribution < 1.29 is 0 Å². The van der Waals surface area contributed by atoms with E-state index in [1.54, 1.807) is 0 Å². The standard InChI is InChI=1S/C15H20ClN3/c1-3-15(13-5-4-6-14(16)9-13)17-8-7-12-10-18-19(2)11-12/h4-6,9-11,15,17H,3,7-8H2,1-2H3. The molecule has 0 fully saturated rings. The van der Waals surface area contributed by atoms with Crippen LogP contribution in [0, 0.1) is 0 Å². The molecule has 2 aromatic rings.